The quantitative estimate of drug-likeness (QED) is 0.656. The van der Waals surface area contributed by atoms with E-state index in [1.807, 2.05) is 0 Å². The third-order valence-corrected chi connectivity index (χ3v) is 5.00. The van der Waals surface area contributed by atoms with Gasteiger partial charge in [0.25, 0.3) is 0 Å². The smallest absolute Gasteiger partial charge is 0.0593 e. The van der Waals surface area contributed by atoms with Gasteiger partial charge in [0.1, 0.15) is 0 Å². The Kier molecular flexibility index (Phi) is 6.27. The van der Waals surface area contributed by atoms with E-state index in [1.54, 1.807) is 7.11 Å². The molecule has 2 fully saturated rings. The predicted octanol–water partition coefficient (Wildman–Crippen LogP) is 1.89. The molecule has 118 valence electrons. The fourth-order valence-electron chi connectivity index (χ4n) is 3.31. The molecular weight excluding hydrogens is 252 g/mol. The molecule has 2 rings (SSSR count). The zero-order chi connectivity index (χ0) is 14.4. The first kappa shape index (κ1) is 16.2. The number of piperazine rings is 1. The summed E-state index contributed by atoms with van der Waals surface area (Å²) in [5.41, 5.74) is 0.349. The second kappa shape index (κ2) is 7.74. The molecule has 1 aliphatic heterocycles. The fraction of sp³-hybridized carbons (Fsp3) is 1.00. The highest BCUT2D eigenvalue weighted by Gasteiger charge is 2.47. The van der Waals surface area contributed by atoms with Gasteiger partial charge in [-0.2, -0.15) is 0 Å². The number of ether oxygens (including phenoxy) is 2. The van der Waals surface area contributed by atoms with Gasteiger partial charge in [-0.1, -0.05) is 6.92 Å². The van der Waals surface area contributed by atoms with E-state index in [0.29, 0.717) is 11.6 Å². The van der Waals surface area contributed by atoms with Crippen LogP contribution in [0.4, 0.5) is 0 Å². The average molecular weight is 284 g/mol. The first-order valence-electron chi connectivity index (χ1n) is 8.25. The molecule has 1 saturated heterocycles. The normalized spacial score (nSPS) is 31.6. The van der Waals surface area contributed by atoms with Gasteiger partial charge in [0, 0.05) is 51.5 Å². The third-order valence-electron chi connectivity index (χ3n) is 5.00. The van der Waals surface area contributed by atoms with E-state index in [9.17, 15) is 0 Å². The Hall–Kier alpha value is -0.160. The molecule has 0 aromatic rings. The minimum Gasteiger partial charge on any atom is -0.385 e. The summed E-state index contributed by atoms with van der Waals surface area (Å²) in [6.45, 7) is 10.6. The Morgan fingerprint density at radius 1 is 1.25 bits per heavy atom. The monoisotopic (exact) mass is 284 g/mol. The van der Waals surface area contributed by atoms with Gasteiger partial charge in [-0.3, -0.25) is 4.90 Å². The van der Waals surface area contributed by atoms with Crippen LogP contribution in [0.3, 0.4) is 0 Å². The van der Waals surface area contributed by atoms with Gasteiger partial charge in [0.2, 0.25) is 0 Å². The Morgan fingerprint density at radius 3 is 2.70 bits per heavy atom. The first-order valence-corrected chi connectivity index (χ1v) is 8.25. The average Bonchev–Trinajstić information content (AvgIpc) is 3.29. The Morgan fingerprint density at radius 2 is 2.05 bits per heavy atom. The van der Waals surface area contributed by atoms with Crippen LogP contribution in [0, 0.1) is 5.92 Å². The lowest BCUT2D eigenvalue weighted by Crippen LogP contribution is -2.64. The zero-order valence-electron chi connectivity index (χ0n) is 13.5. The maximum absolute atomic E-state index is 5.76. The SMILES string of the molecule is CCC1CN(CCOCCCOC)C(C)(C2CC2)CN1. The van der Waals surface area contributed by atoms with E-state index in [1.165, 1.54) is 25.8 Å². The van der Waals surface area contributed by atoms with Gasteiger partial charge in [-0.15, -0.1) is 0 Å². The third kappa shape index (κ3) is 4.17. The summed E-state index contributed by atoms with van der Waals surface area (Å²) < 4.78 is 10.8. The van der Waals surface area contributed by atoms with Crippen molar-refractivity contribution in [3.8, 4) is 0 Å². The highest BCUT2D eigenvalue weighted by molar-refractivity contribution is 5.04. The van der Waals surface area contributed by atoms with Crippen LogP contribution in [-0.2, 0) is 9.47 Å². The number of nitrogens with one attached hydrogen (secondary N) is 1. The van der Waals surface area contributed by atoms with E-state index in [4.69, 9.17) is 9.47 Å². The van der Waals surface area contributed by atoms with Crippen LogP contribution in [-0.4, -0.2) is 63.0 Å². The standard InChI is InChI=1S/C16H32N2O2/c1-4-15-12-18(8-11-20-10-5-9-19-3)16(2,13-17-15)14-6-7-14/h14-15,17H,4-13H2,1-3H3. The maximum atomic E-state index is 5.76. The summed E-state index contributed by atoms with van der Waals surface area (Å²) in [6.07, 6.45) is 5.02. The molecule has 0 aromatic carbocycles. The van der Waals surface area contributed by atoms with Crippen molar-refractivity contribution in [3.63, 3.8) is 0 Å². The van der Waals surface area contributed by atoms with Crippen LogP contribution in [0.25, 0.3) is 0 Å². The minimum atomic E-state index is 0.349. The van der Waals surface area contributed by atoms with Crippen molar-refractivity contribution < 1.29 is 9.47 Å². The van der Waals surface area contributed by atoms with Gasteiger partial charge >= 0.3 is 0 Å². The van der Waals surface area contributed by atoms with Gasteiger partial charge < -0.3 is 14.8 Å². The molecule has 1 N–H and O–H groups in total. The van der Waals surface area contributed by atoms with Gasteiger partial charge in [-0.05, 0) is 38.5 Å². The summed E-state index contributed by atoms with van der Waals surface area (Å²) in [7, 11) is 1.74. The number of methoxy groups -OCH3 is 1. The molecule has 0 amide bonds. The molecule has 20 heavy (non-hydrogen) atoms. The zero-order valence-corrected chi connectivity index (χ0v) is 13.5. The Balaban J connectivity index is 1.75. The molecule has 1 aliphatic carbocycles. The molecule has 2 unspecified atom stereocenters. The first-order chi connectivity index (χ1) is 9.70. The van der Waals surface area contributed by atoms with Crippen molar-refractivity contribution >= 4 is 0 Å². The van der Waals surface area contributed by atoms with E-state index < -0.39 is 0 Å². The molecular formula is C16H32N2O2. The van der Waals surface area contributed by atoms with Crippen molar-refractivity contribution in [2.24, 2.45) is 5.92 Å². The van der Waals surface area contributed by atoms with Crippen LogP contribution in [0.5, 0.6) is 0 Å². The molecule has 0 radical (unpaired) electrons. The van der Waals surface area contributed by atoms with Crippen molar-refractivity contribution in [2.45, 2.75) is 51.1 Å². The number of hydrogen-bond donors (Lipinski definition) is 1. The number of hydrogen-bond acceptors (Lipinski definition) is 4. The molecule has 2 aliphatic rings. The topological polar surface area (TPSA) is 33.7 Å². The number of nitrogens with zero attached hydrogens (tertiary/aromatic N) is 1. The molecule has 2 atom stereocenters. The lowest BCUT2D eigenvalue weighted by atomic mass is 9.89. The van der Waals surface area contributed by atoms with Crippen LogP contribution in [0.2, 0.25) is 0 Å². The fourth-order valence-corrected chi connectivity index (χ4v) is 3.31. The summed E-state index contributed by atoms with van der Waals surface area (Å²) in [4.78, 5) is 2.69. The van der Waals surface area contributed by atoms with Crippen molar-refractivity contribution in [2.75, 3.05) is 46.6 Å². The van der Waals surface area contributed by atoms with E-state index >= 15 is 0 Å². The van der Waals surface area contributed by atoms with Crippen LogP contribution in [0.1, 0.15) is 39.5 Å². The summed E-state index contributed by atoms with van der Waals surface area (Å²) in [6, 6.07) is 0.648. The summed E-state index contributed by atoms with van der Waals surface area (Å²) >= 11 is 0. The van der Waals surface area contributed by atoms with Gasteiger partial charge in [0.05, 0.1) is 6.61 Å². The predicted molar refractivity (Wildman–Crippen MR) is 82.1 cm³/mol. The molecule has 0 aromatic heterocycles. The lowest BCUT2D eigenvalue weighted by Gasteiger charge is -2.48. The maximum Gasteiger partial charge on any atom is 0.0593 e. The highest BCUT2D eigenvalue weighted by atomic mass is 16.5. The van der Waals surface area contributed by atoms with E-state index in [-0.39, 0.29) is 0 Å². The second-order valence-corrected chi connectivity index (χ2v) is 6.52. The van der Waals surface area contributed by atoms with Crippen LogP contribution < -0.4 is 5.32 Å². The molecule has 4 heteroatoms. The second-order valence-electron chi connectivity index (χ2n) is 6.52. The van der Waals surface area contributed by atoms with Gasteiger partial charge in [-0.25, -0.2) is 0 Å². The number of rotatable bonds is 9. The molecule has 4 nitrogen and oxygen atoms in total. The molecule has 1 saturated carbocycles. The minimum absolute atomic E-state index is 0.349. The van der Waals surface area contributed by atoms with Crippen LogP contribution >= 0.6 is 0 Å². The summed E-state index contributed by atoms with van der Waals surface area (Å²) in [5.74, 6) is 0.890. The van der Waals surface area contributed by atoms with Crippen LogP contribution in [0.15, 0.2) is 0 Å². The molecule has 0 spiro atoms. The van der Waals surface area contributed by atoms with Crippen molar-refractivity contribution in [1.29, 1.82) is 0 Å². The van der Waals surface area contributed by atoms with Crippen molar-refractivity contribution in [1.82, 2.24) is 10.2 Å². The van der Waals surface area contributed by atoms with Crippen molar-refractivity contribution in [3.05, 3.63) is 0 Å². The lowest BCUT2D eigenvalue weighted by molar-refractivity contribution is 0.00414. The van der Waals surface area contributed by atoms with Gasteiger partial charge in [0.15, 0.2) is 0 Å². The molecule has 1 heterocycles. The Labute approximate surface area is 124 Å². The molecule has 0 bridgehead atoms. The highest BCUT2D eigenvalue weighted by Crippen LogP contribution is 2.43. The summed E-state index contributed by atoms with van der Waals surface area (Å²) in [5, 5.41) is 3.73. The van der Waals surface area contributed by atoms with E-state index in [0.717, 1.165) is 45.2 Å². The largest absolute Gasteiger partial charge is 0.385 e. The van der Waals surface area contributed by atoms with E-state index in [2.05, 4.69) is 24.1 Å². The Bertz CT molecular complexity index is 284.